The molecule has 1 aromatic rings. The number of carbonyl (C=O) groups excluding carboxylic acids is 2. The van der Waals surface area contributed by atoms with Gasteiger partial charge in [0.2, 0.25) is 5.91 Å². The van der Waals surface area contributed by atoms with E-state index in [1.807, 2.05) is 11.0 Å². The zero-order chi connectivity index (χ0) is 20.3. The van der Waals surface area contributed by atoms with E-state index in [0.29, 0.717) is 36.7 Å². The molecule has 0 aromatic carbocycles. The van der Waals surface area contributed by atoms with Crippen LogP contribution in [0.25, 0.3) is 6.08 Å². The van der Waals surface area contributed by atoms with Crippen molar-refractivity contribution < 1.29 is 9.59 Å². The summed E-state index contributed by atoms with van der Waals surface area (Å²) in [5.74, 6) is 2.16. The number of pyridine rings is 1. The molecule has 4 N–H and O–H groups in total. The predicted octanol–water partition coefficient (Wildman–Crippen LogP) is 2.12. The van der Waals surface area contributed by atoms with E-state index in [1.54, 1.807) is 18.3 Å². The van der Waals surface area contributed by atoms with Crippen LogP contribution in [0.3, 0.4) is 0 Å². The minimum absolute atomic E-state index is 0.0523. The van der Waals surface area contributed by atoms with Crippen molar-refractivity contribution in [3.63, 3.8) is 0 Å². The summed E-state index contributed by atoms with van der Waals surface area (Å²) in [6.45, 7) is 9.36. The van der Waals surface area contributed by atoms with E-state index in [9.17, 15) is 9.59 Å². The molecule has 2 aliphatic rings. The maximum absolute atomic E-state index is 12.2. The first-order valence-corrected chi connectivity index (χ1v) is 9.93. The molecule has 1 saturated carbocycles. The monoisotopic (exact) mass is 385 g/mol. The van der Waals surface area contributed by atoms with Gasteiger partial charge in [-0.05, 0) is 53.4 Å². The highest BCUT2D eigenvalue weighted by Gasteiger charge is 2.55. The van der Waals surface area contributed by atoms with Crippen molar-refractivity contribution in [2.45, 2.75) is 27.2 Å². The maximum atomic E-state index is 12.2. The van der Waals surface area contributed by atoms with Gasteiger partial charge in [0, 0.05) is 38.5 Å². The molecule has 2 fully saturated rings. The molecule has 3 rings (SSSR count). The molecule has 0 spiro atoms. The molecule has 152 valence electrons. The zero-order valence-corrected chi connectivity index (χ0v) is 16.9. The highest BCUT2D eigenvalue weighted by Crippen LogP contribution is 2.53. The topological polar surface area (TPSA) is 100 Å². The first kappa shape index (κ1) is 20.2. The first-order valence-electron chi connectivity index (χ1n) is 9.93. The third-order valence-electron chi connectivity index (χ3n) is 5.44. The summed E-state index contributed by atoms with van der Waals surface area (Å²) in [4.78, 5) is 30.1. The minimum Gasteiger partial charge on any atom is -0.384 e. The van der Waals surface area contributed by atoms with Gasteiger partial charge in [-0.3, -0.25) is 4.79 Å². The molecule has 1 saturated heterocycles. The number of anilines is 1. The molecule has 7 nitrogen and oxygen atoms in total. The van der Waals surface area contributed by atoms with Crippen LogP contribution in [-0.2, 0) is 4.79 Å². The molecule has 1 aliphatic heterocycles. The fourth-order valence-corrected chi connectivity index (χ4v) is 3.80. The Kier molecular flexibility index (Phi) is 5.91. The van der Waals surface area contributed by atoms with Crippen LogP contribution >= 0.6 is 0 Å². The molecule has 7 heteroatoms. The summed E-state index contributed by atoms with van der Waals surface area (Å²) in [5.41, 5.74) is 6.47. The number of hydrogen-bond donors (Lipinski definition) is 3. The van der Waals surface area contributed by atoms with Crippen molar-refractivity contribution in [2.24, 2.45) is 23.2 Å². The Bertz CT molecular complexity index is 726. The van der Waals surface area contributed by atoms with Crippen LogP contribution < -0.4 is 16.4 Å². The zero-order valence-electron chi connectivity index (χ0n) is 16.9. The summed E-state index contributed by atoms with van der Waals surface area (Å²) >= 11 is 0. The second kappa shape index (κ2) is 8.20. The molecule has 0 bridgehead atoms. The Balaban J connectivity index is 1.31. The number of aromatic nitrogens is 1. The Morgan fingerprint density at radius 1 is 1.25 bits per heavy atom. The van der Waals surface area contributed by atoms with E-state index in [-0.39, 0.29) is 17.4 Å². The SMILES string of the molecule is CC(C)(C)CNC(=O)N1CC2C(CCNC(=O)/C=C/c3ccc(N)nc3)C2C1. The lowest BCUT2D eigenvalue weighted by Crippen LogP contribution is -2.43. The standard InChI is InChI=1S/C21H31N5O2/c1-21(2,3)13-25-20(28)26-11-16-15(17(16)12-26)8-9-23-19(27)7-5-14-4-6-18(22)24-10-14/h4-7,10,15-17H,8-9,11-13H2,1-3H3,(H2,22,24)(H,23,27)(H,25,28)/b7-5+. The predicted molar refractivity (Wildman–Crippen MR) is 110 cm³/mol. The number of urea groups is 1. The lowest BCUT2D eigenvalue weighted by atomic mass is 9.97. The molecule has 28 heavy (non-hydrogen) atoms. The molecule has 0 radical (unpaired) electrons. The lowest BCUT2D eigenvalue weighted by Gasteiger charge is -2.24. The van der Waals surface area contributed by atoms with Crippen molar-refractivity contribution in [1.82, 2.24) is 20.5 Å². The Hall–Kier alpha value is -2.57. The Morgan fingerprint density at radius 3 is 2.57 bits per heavy atom. The van der Waals surface area contributed by atoms with Gasteiger partial charge in [0.15, 0.2) is 0 Å². The van der Waals surface area contributed by atoms with Crippen molar-refractivity contribution >= 4 is 23.8 Å². The summed E-state index contributed by atoms with van der Waals surface area (Å²) in [5, 5.41) is 5.95. The van der Waals surface area contributed by atoms with Gasteiger partial charge in [0.05, 0.1) is 0 Å². The van der Waals surface area contributed by atoms with Crippen LogP contribution in [-0.4, -0.2) is 48.0 Å². The van der Waals surface area contributed by atoms with Crippen molar-refractivity contribution in [3.8, 4) is 0 Å². The van der Waals surface area contributed by atoms with Gasteiger partial charge in [-0.1, -0.05) is 20.8 Å². The van der Waals surface area contributed by atoms with Gasteiger partial charge in [-0.15, -0.1) is 0 Å². The quantitative estimate of drug-likeness (QED) is 0.653. The highest BCUT2D eigenvalue weighted by atomic mass is 16.2. The largest absolute Gasteiger partial charge is 0.384 e. The van der Waals surface area contributed by atoms with E-state index in [0.717, 1.165) is 25.1 Å². The van der Waals surface area contributed by atoms with E-state index in [2.05, 4.69) is 36.4 Å². The average Bonchev–Trinajstić information content (AvgIpc) is 3.08. The fourth-order valence-electron chi connectivity index (χ4n) is 3.80. The summed E-state index contributed by atoms with van der Waals surface area (Å²) in [6, 6.07) is 3.58. The number of hydrogen-bond acceptors (Lipinski definition) is 4. The normalized spacial score (nSPS) is 23.5. The number of nitrogens with two attached hydrogens (primary N) is 1. The van der Waals surface area contributed by atoms with E-state index < -0.39 is 0 Å². The third kappa shape index (κ3) is 5.47. The minimum atomic E-state index is -0.106. The second-order valence-corrected chi connectivity index (χ2v) is 9.05. The van der Waals surface area contributed by atoms with Crippen molar-refractivity contribution in [2.75, 3.05) is 31.9 Å². The number of nitrogens with zero attached hydrogens (tertiary/aromatic N) is 2. The smallest absolute Gasteiger partial charge is 0.317 e. The van der Waals surface area contributed by atoms with Gasteiger partial charge >= 0.3 is 6.03 Å². The number of likely N-dealkylation sites (tertiary alicyclic amines) is 1. The fraction of sp³-hybridized carbons (Fsp3) is 0.571. The number of nitrogen functional groups attached to an aromatic ring is 1. The van der Waals surface area contributed by atoms with E-state index in [1.165, 1.54) is 6.08 Å². The van der Waals surface area contributed by atoms with Gasteiger partial charge in [-0.25, -0.2) is 9.78 Å². The van der Waals surface area contributed by atoms with Crippen LogP contribution in [0.15, 0.2) is 24.4 Å². The van der Waals surface area contributed by atoms with Gasteiger partial charge in [0.25, 0.3) is 0 Å². The van der Waals surface area contributed by atoms with Crippen molar-refractivity contribution in [1.29, 1.82) is 0 Å². The van der Waals surface area contributed by atoms with Crippen LogP contribution in [0.5, 0.6) is 0 Å². The number of rotatable bonds is 6. The lowest BCUT2D eigenvalue weighted by molar-refractivity contribution is -0.116. The molecule has 1 aliphatic carbocycles. The number of nitrogens with one attached hydrogen (secondary N) is 2. The Labute approximate surface area is 166 Å². The Morgan fingerprint density at radius 2 is 1.96 bits per heavy atom. The van der Waals surface area contributed by atoms with E-state index >= 15 is 0 Å². The summed E-state index contributed by atoms with van der Waals surface area (Å²) in [7, 11) is 0. The maximum Gasteiger partial charge on any atom is 0.317 e. The molecular weight excluding hydrogens is 354 g/mol. The number of carbonyl (C=O) groups is 2. The average molecular weight is 386 g/mol. The van der Waals surface area contributed by atoms with Crippen LogP contribution in [0.1, 0.15) is 32.8 Å². The van der Waals surface area contributed by atoms with Gasteiger partial charge in [0.1, 0.15) is 5.82 Å². The number of piperidine rings is 1. The molecule has 2 atom stereocenters. The molecule has 3 amide bonds. The van der Waals surface area contributed by atoms with Crippen LogP contribution in [0.2, 0.25) is 0 Å². The first-order chi connectivity index (χ1) is 13.2. The van der Waals surface area contributed by atoms with Crippen LogP contribution in [0.4, 0.5) is 10.6 Å². The molecule has 1 aromatic heterocycles. The number of amides is 3. The van der Waals surface area contributed by atoms with Crippen LogP contribution in [0, 0.1) is 23.2 Å². The van der Waals surface area contributed by atoms with E-state index in [4.69, 9.17) is 5.73 Å². The van der Waals surface area contributed by atoms with Gasteiger partial charge in [-0.2, -0.15) is 0 Å². The molecule has 2 unspecified atom stereocenters. The number of fused-ring (bicyclic) bond motifs is 1. The highest BCUT2D eigenvalue weighted by molar-refractivity contribution is 5.91. The van der Waals surface area contributed by atoms with Crippen molar-refractivity contribution in [3.05, 3.63) is 30.0 Å². The van der Waals surface area contributed by atoms with Gasteiger partial charge < -0.3 is 21.3 Å². The molecule has 2 heterocycles. The third-order valence-corrected chi connectivity index (χ3v) is 5.44. The second-order valence-electron chi connectivity index (χ2n) is 9.05. The summed E-state index contributed by atoms with van der Waals surface area (Å²) < 4.78 is 0. The summed E-state index contributed by atoms with van der Waals surface area (Å²) in [6.07, 6.45) is 5.84. The molecular formula is C21H31N5O2.